The van der Waals surface area contributed by atoms with Gasteiger partial charge in [-0.2, -0.15) is 5.26 Å². The minimum Gasteiger partial charge on any atom is -0.291 e. The molecule has 0 aliphatic heterocycles. The molecule has 98 valence electrons. The molecule has 0 aromatic heterocycles. The van der Waals surface area contributed by atoms with E-state index in [9.17, 15) is 4.79 Å². The molecule has 2 N–H and O–H groups in total. The summed E-state index contributed by atoms with van der Waals surface area (Å²) >= 11 is 0. The molecule has 4 fully saturated rings. The summed E-state index contributed by atoms with van der Waals surface area (Å²) in [5.41, 5.74) is 5.63. The second-order valence-electron chi connectivity index (χ2n) is 6.49. The van der Waals surface area contributed by atoms with Gasteiger partial charge in [-0.05, 0) is 56.3 Å². The number of hydrogen-bond acceptors (Lipinski definition) is 3. The predicted octanol–water partition coefficient (Wildman–Crippen LogP) is 1.74. The fourth-order valence-electron chi connectivity index (χ4n) is 4.78. The van der Waals surface area contributed by atoms with Crippen LogP contribution in [0.15, 0.2) is 0 Å². The highest BCUT2D eigenvalue weighted by molar-refractivity contribution is 5.82. The van der Waals surface area contributed by atoms with Crippen LogP contribution in [-0.2, 0) is 4.79 Å². The van der Waals surface area contributed by atoms with Gasteiger partial charge < -0.3 is 0 Å². The zero-order chi connectivity index (χ0) is 12.6. The van der Waals surface area contributed by atoms with Gasteiger partial charge in [0, 0.05) is 13.0 Å². The van der Waals surface area contributed by atoms with Gasteiger partial charge in [-0.15, -0.1) is 0 Å². The third-order valence-electron chi connectivity index (χ3n) is 5.08. The number of carbonyl (C=O) groups excluding carboxylic acids is 1. The van der Waals surface area contributed by atoms with Crippen molar-refractivity contribution in [3.05, 3.63) is 0 Å². The van der Waals surface area contributed by atoms with E-state index in [0.29, 0.717) is 13.0 Å². The SMILES string of the molecule is N#CCCNNC(=O)C12CC3CC(CC(C3)C1)C2. The largest absolute Gasteiger partial charge is 0.291 e. The van der Waals surface area contributed by atoms with Crippen molar-refractivity contribution in [2.75, 3.05) is 6.54 Å². The van der Waals surface area contributed by atoms with Crippen LogP contribution in [0.2, 0.25) is 0 Å². The van der Waals surface area contributed by atoms with Crippen LogP contribution in [0, 0.1) is 34.5 Å². The Labute approximate surface area is 108 Å². The van der Waals surface area contributed by atoms with Gasteiger partial charge >= 0.3 is 0 Å². The Morgan fingerprint density at radius 1 is 1.17 bits per heavy atom. The lowest BCUT2D eigenvalue weighted by atomic mass is 9.49. The molecule has 0 spiro atoms. The molecule has 0 radical (unpaired) electrons. The molecular formula is C14H21N3O. The minimum absolute atomic E-state index is 0.0889. The van der Waals surface area contributed by atoms with Crippen molar-refractivity contribution in [1.29, 1.82) is 5.26 Å². The topological polar surface area (TPSA) is 64.9 Å². The van der Waals surface area contributed by atoms with Crippen molar-refractivity contribution in [1.82, 2.24) is 10.9 Å². The molecule has 4 aliphatic rings. The summed E-state index contributed by atoms with van der Waals surface area (Å²) in [5.74, 6) is 2.56. The van der Waals surface area contributed by atoms with Crippen molar-refractivity contribution in [2.24, 2.45) is 23.2 Å². The average Bonchev–Trinajstić information content (AvgIpc) is 2.32. The van der Waals surface area contributed by atoms with Crippen molar-refractivity contribution in [3.8, 4) is 6.07 Å². The first kappa shape index (κ1) is 12.0. The molecule has 0 aromatic rings. The van der Waals surface area contributed by atoms with Crippen LogP contribution in [-0.4, -0.2) is 12.5 Å². The third kappa shape index (κ3) is 2.01. The van der Waals surface area contributed by atoms with Crippen LogP contribution in [0.25, 0.3) is 0 Å². The van der Waals surface area contributed by atoms with E-state index in [-0.39, 0.29) is 11.3 Å². The highest BCUT2D eigenvalue weighted by Gasteiger charge is 2.54. The number of nitriles is 1. The Bertz CT molecular complexity index is 350. The normalized spacial score (nSPS) is 40.5. The average molecular weight is 247 g/mol. The number of amides is 1. The van der Waals surface area contributed by atoms with Crippen molar-refractivity contribution in [2.45, 2.75) is 44.9 Å². The maximum atomic E-state index is 12.4. The first-order chi connectivity index (χ1) is 8.72. The number of rotatable bonds is 4. The van der Waals surface area contributed by atoms with Gasteiger partial charge in [0.25, 0.3) is 0 Å². The molecule has 4 nitrogen and oxygen atoms in total. The monoisotopic (exact) mass is 247 g/mol. The first-order valence-corrected chi connectivity index (χ1v) is 7.12. The molecule has 4 bridgehead atoms. The summed E-state index contributed by atoms with van der Waals surface area (Å²) < 4.78 is 0. The van der Waals surface area contributed by atoms with E-state index in [4.69, 9.17) is 5.26 Å². The van der Waals surface area contributed by atoms with Gasteiger partial charge in [-0.3, -0.25) is 10.2 Å². The van der Waals surface area contributed by atoms with Crippen LogP contribution < -0.4 is 10.9 Å². The Morgan fingerprint density at radius 3 is 2.22 bits per heavy atom. The number of nitrogens with zero attached hydrogens (tertiary/aromatic N) is 1. The number of carbonyl (C=O) groups is 1. The van der Waals surface area contributed by atoms with E-state index in [0.717, 1.165) is 37.0 Å². The minimum atomic E-state index is -0.0889. The maximum Gasteiger partial charge on any atom is 0.240 e. The quantitative estimate of drug-likeness (QED) is 0.587. The van der Waals surface area contributed by atoms with Crippen molar-refractivity contribution < 1.29 is 4.79 Å². The number of hydrazine groups is 1. The Morgan fingerprint density at radius 2 is 1.72 bits per heavy atom. The van der Waals surface area contributed by atoms with Crippen molar-refractivity contribution >= 4 is 5.91 Å². The van der Waals surface area contributed by atoms with E-state index >= 15 is 0 Å². The van der Waals surface area contributed by atoms with Gasteiger partial charge in [-0.1, -0.05) is 0 Å². The molecule has 0 unspecified atom stereocenters. The summed E-state index contributed by atoms with van der Waals surface area (Å²) in [6.07, 6.45) is 7.76. The Hall–Kier alpha value is -1.08. The molecule has 0 atom stereocenters. The predicted molar refractivity (Wildman–Crippen MR) is 67.0 cm³/mol. The third-order valence-corrected chi connectivity index (χ3v) is 5.08. The molecule has 18 heavy (non-hydrogen) atoms. The van der Waals surface area contributed by atoms with Gasteiger partial charge in [-0.25, -0.2) is 5.43 Å². The second-order valence-corrected chi connectivity index (χ2v) is 6.49. The fourth-order valence-corrected chi connectivity index (χ4v) is 4.78. The smallest absolute Gasteiger partial charge is 0.240 e. The molecule has 4 heteroatoms. The van der Waals surface area contributed by atoms with E-state index in [1.54, 1.807) is 0 Å². The van der Waals surface area contributed by atoms with Gasteiger partial charge in [0.1, 0.15) is 0 Å². The summed E-state index contributed by atoms with van der Waals surface area (Å²) in [6.45, 7) is 0.536. The number of nitrogens with one attached hydrogen (secondary N) is 2. The molecule has 0 aromatic carbocycles. The molecule has 0 saturated heterocycles. The lowest BCUT2D eigenvalue weighted by Gasteiger charge is -2.55. The second kappa shape index (κ2) is 4.55. The van der Waals surface area contributed by atoms with E-state index in [1.807, 2.05) is 0 Å². The van der Waals surface area contributed by atoms with E-state index in [1.165, 1.54) is 19.3 Å². The molecule has 4 saturated carbocycles. The molecule has 4 rings (SSSR count). The molecule has 4 aliphatic carbocycles. The van der Waals surface area contributed by atoms with Crippen LogP contribution in [0.4, 0.5) is 0 Å². The molecule has 1 amide bonds. The zero-order valence-electron chi connectivity index (χ0n) is 10.7. The van der Waals surface area contributed by atoms with E-state index < -0.39 is 0 Å². The van der Waals surface area contributed by atoms with Crippen LogP contribution in [0.3, 0.4) is 0 Å². The Kier molecular flexibility index (Phi) is 3.03. The molecular weight excluding hydrogens is 226 g/mol. The summed E-state index contributed by atoms with van der Waals surface area (Å²) in [4.78, 5) is 12.4. The lowest BCUT2D eigenvalue weighted by Crippen LogP contribution is -2.56. The maximum absolute atomic E-state index is 12.4. The summed E-state index contributed by atoms with van der Waals surface area (Å²) in [5, 5.41) is 8.46. The van der Waals surface area contributed by atoms with Crippen LogP contribution in [0.1, 0.15) is 44.9 Å². The van der Waals surface area contributed by atoms with Crippen LogP contribution >= 0.6 is 0 Å². The van der Waals surface area contributed by atoms with Gasteiger partial charge in [0.05, 0.1) is 11.5 Å². The fraction of sp³-hybridized carbons (Fsp3) is 0.857. The Balaban J connectivity index is 1.61. The van der Waals surface area contributed by atoms with Gasteiger partial charge in [0.2, 0.25) is 5.91 Å². The first-order valence-electron chi connectivity index (χ1n) is 7.12. The summed E-state index contributed by atoms with van der Waals surface area (Å²) in [6, 6.07) is 2.06. The highest BCUT2D eigenvalue weighted by Crippen LogP contribution is 2.59. The number of hydrogen-bond donors (Lipinski definition) is 2. The zero-order valence-corrected chi connectivity index (χ0v) is 10.7. The standard InChI is InChI=1S/C14H21N3O/c15-2-1-3-16-17-13(18)14-7-10-4-11(8-14)6-12(5-10)9-14/h10-12,16H,1,3-9H2,(H,17,18). The molecule has 0 heterocycles. The lowest BCUT2D eigenvalue weighted by molar-refractivity contribution is -0.147. The summed E-state index contributed by atoms with van der Waals surface area (Å²) in [7, 11) is 0. The highest BCUT2D eigenvalue weighted by atomic mass is 16.2. The van der Waals surface area contributed by atoms with Gasteiger partial charge in [0.15, 0.2) is 0 Å². The van der Waals surface area contributed by atoms with Crippen LogP contribution in [0.5, 0.6) is 0 Å². The van der Waals surface area contributed by atoms with Crippen molar-refractivity contribution in [3.63, 3.8) is 0 Å². The van der Waals surface area contributed by atoms with E-state index in [2.05, 4.69) is 16.9 Å².